The number of ether oxygens (including phenoxy) is 3. The number of benzene rings is 2. The van der Waals surface area contributed by atoms with Gasteiger partial charge in [0.1, 0.15) is 0 Å². The molecule has 0 aromatic heterocycles. The maximum atomic E-state index is 14.1. The highest BCUT2D eigenvalue weighted by molar-refractivity contribution is 5.95. The summed E-state index contributed by atoms with van der Waals surface area (Å²) in [7, 11) is 4.26. The van der Waals surface area contributed by atoms with E-state index in [0.717, 1.165) is 6.07 Å². The summed E-state index contributed by atoms with van der Waals surface area (Å²) in [6.45, 7) is 0. The zero-order valence-corrected chi connectivity index (χ0v) is 13.1. The molecule has 0 saturated heterocycles. The number of carbonyl (C=O) groups excluding carboxylic acids is 1. The summed E-state index contributed by atoms with van der Waals surface area (Å²) in [6, 6.07) is 11.5. The van der Waals surface area contributed by atoms with Gasteiger partial charge in [0.15, 0.2) is 23.4 Å². The molecule has 1 amide bonds. The first-order chi connectivity index (χ1) is 11.1. The van der Waals surface area contributed by atoms with E-state index in [0.29, 0.717) is 11.3 Å². The van der Waals surface area contributed by atoms with E-state index in [1.807, 2.05) is 6.07 Å². The van der Waals surface area contributed by atoms with Gasteiger partial charge >= 0.3 is 0 Å². The maximum Gasteiger partial charge on any atom is 0.258 e. The molecule has 0 aliphatic carbocycles. The Morgan fingerprint density at radius 2 is 1.65 bits per heavy atom. The number of carbonyl (C=O) groups is 1. The van der Waals surface area contributed by atoms with Crippen LogP contribution in [-0.4, -0.2) is 27.2 Å². The van der Waals surface area contributed by atoms with Crippen molar-refractivity contribution in [2.75, 3.05) is 26.6 Å². The first kappa shape index (κ1) is 16.8. The molecule has 0 fully saturated rings. The maximum absolute atomic E-state index is 14.1. The fourth-order valence-corrected chi connectivity index (χ4v) is 2.17. The quantitative estimate of drug-likeness (QED) is 0.888. The lowest BCUT2D eigenvalue weighted by atomic mass is 10.1. The van der Waals surface area contributed by atoms with Gasteiger partial charge < -0.3 is 19.5 Å². The molecule has 0 saturated carbocycles. The third kappa shape index (κ3) is 3.78. The number of methoxy groups -OCH3 is 3. The zero-order valence-electron chi connectivity index (χ0n) is 13.1. The van der Waals surface area contributed by atoms with Gasteiger partial charge in [-0.05, 0) is 5.56 Å². The van der Waals surface area contributed by atoms with Crippen molar-refractivity contribution < 1.29 is 23.4 Å². The standard InChI is InChI=1S/C17H18FNO4/c1-21-14-9-12(18)13(10-15(14)22-2)19-17(20)16(23-3)11-7-5-4-6-8-11/h4-10,16H,1-3H3,(H,19,20)/t16-/m1/s1. The molecule has 0 heterocycles. The van der Waals surface area contributed by atoms with E-state index in [2.05, 4.69) is 5.32 Å². The Morgan fingerprint density at radius 3 is 2.22 bits per heavy atom. The molecule has 0 aliphatic rings. The largest absolute Gasteiger partial charge is 0.493 e. The van der Waals surface area contributed by atoms with Crippen LogP contribution in [0.4, 0.5) is 10.1 Å². The number of hydrogen-bond donors (Lipinski definition) is 1. The second kappa shape index (κ2) is 7.60. The minimum Gasteiger partial charge on any atom is -0.493 e. The molecule has 122 valence electrons. The summed E-state index contributed by atoms with van der Waals surface area (Å²) in [5.74, 6) is -0.545. The average Bonchev–Trinajstić information content (AvgIpc) is 2.58. The third-order valence-corrected chi connectivity index (χ3v) is 3.31. The lowest BCUT2D eigenvalue weighted by molar-refractivity contribution is -0.126. The summed E-state index contributed by atoms with van der Waals surface area (Å²) in [4.78, 5) is 12.4. The topological polar surface area (TPSA) is 56.8 Å². The Bertz CT molecular complexity index is 676. The number of amides is 1. The van der Waals surface area contributed by atoms with E-state index >= 15 is 0 Å². The number of rotatable bonds is 6. The van der Waals surface area contributed by atoms with Crippen LogP contribution in [0.2, 0.25) is 0 Å². The Labute approximate surface area is 134 Å². The Kier molecular flexibility index (Phi) is 5.54. The van der Waals surface area contributed by atoms with Crippen LogP contribution in [0.1, 0.15) is 11.7 Å². The van der Waals surface area contributed by atoms with Crippen LogP contribution in [0.3, 0.4) is 0 Å². The third-order valence-electron chi connectivity index (χ3n) is 3.31. The number of hydrogen-bond acceptors (Lipinski definition) is 4. The van der Waals surface area contributed by atoms with E-state index in [-0.39, 0.29) is 11.4 Å². The van der Waals surface area contributed by atoms with Crippen LogP contribution in [0.25, 0.3) is 0 Å². The molecule has 5 nitrogen and oxygen atoms in total. The van der Waals surface area contributed by atoms with Crippen molar-refractivity contribution in [1.29, 1.82) is 0 Å². The summed E-state index contributed by atoms with van der Waals surface area (Å²) in [6.07, 6.45) is -0.844. The van der Waals surface area contributed by atoms with Gasteiger partial charge in [-0.2, -0.15) is 0 Å². The van der Waals surface area contributed by atoms with Gasteiger partial charge in [-0.1, -0.05) is 30.3 Å². The minimum atomic E-state index is -0.844. The van der Waals surface area contributed by atoms with Crippen molar-refractivity contribution in [1.82, 2.24) is 0 Å². The smallest absolute Gasteiger partial charge is 0.258 e. The average molecular weight is 319 g/mol. The SMILES string of the molecule is COc1cc(F)c(NC(=O)[C@H](OC)c2ccccc2)cc1OC. The van der Waals surface area contributed by atoms with Crippen LogP contribution >= 0.6 is 0 Å². The number of nitrogens with one attached hydrogen (secondary N) is 1. The van der Waals surface area contributed by atoms with E-state index < -0.39 is 17.8 Å². The fraction of sp³-hybridized carbons (Fsp3) is 0.235. The van der Waals surface area contributed by atoms with E-state index in [4.69, 9.17) is 14.2 Å². The normalized spacial score (nSPS) is 11.7. The van der Waals surface area contributed by atoms with Crippen molar-refractivity contribution in [2.24, 2.45) is 0 Å². The molecule has 1 N–H and O–H groups in total. The summed E-state index contributed by atoms with van der Waals surface area (Å²) < 4.78 is 29.4. The van der Waals surface area contributed by atoms with Gasteiger partial charge in [0.05, 0.1) is 19.9 Å². The van der Waals surface area contributed by atoms with Gasteiger partial charge in [-0.3, -0.25) is 4.79 Å². The molecule has 2 rings (SSSR count). The highest BCUT2D eigenvalue weighted by atomic mass is 19.1. The highest BCUT2D eigenvalue weighted by Gasteiger charge is 2.22. The Hall–Kier alpha value is -2.60. The van der Waals surface area contributed by atoms with Crippen molar-refractivity contribution in [3.8, 4) is 11.5 Å². The molecule has 2 aromatic carbocycles. The van der Waals surface area contributed by atoms with Gasteiger partial charge in [0.2, 0.25) is 0 Å². The molecule has 23 heavy (non-hydrogen) atoms. The predicted molar refractivity (Wildman–Crippen MR) is 84.3 cm³/mol. The van der Waals surface area contributed by atoms with Gasteiger partial charge in [0.25, 0.3) is 5.91 Å². The fourth-order valence-electron chi connectivity index (χ4n) is 2.17. The van der Waals surface area contributed by atoms with Gasteiger partial charge in [0, 0.05) is 19.2 Å². The summed E-state index contributed by atoms with van der Waals surface area (Å²) >= 11 is 0. The van der Waals surface area contributed by atoms with Crippen LogP contribution in [0, 0.1) is 5.82 Å². The molecular weight excluding hydrogens is 301 g/mol. The summed E-state index contributed by atoms with van der Waals surface area (Å²) in [5, 5.41) is 2.51. The van der Waals surface area contributed by atoms with Crippen molar-refractivity contribution >= 4 is 11.6 Å². The molecule has 1 atom stereocenters. The minimum absolute atomic E-state index is 0.00867. The van der Waals surface area contributed by atoms with Gasteiger partial charge in [-0.15, -0.1) is 0 Å². The molecule has 0 spiro atoms. The Balaban J connectivity index is 2.25. The predicted octanol–water partition coefficient (Wildman–Crippen LogP) is 3.17. The van der Waals surface area contributed by atoms with Crippen molar-refractivity contribution in [3.63, 3.8) is 0 Å². The second-order valence-corrected chi connectivity index (χ2v) is 4.70. The molecule has 0 aliphatic heterocycles. The monoisotopic (exact) mass is 319 g/mol. The lowest BCUT2D eigenvalue weighted by Gasteiger charge is -2.17. The summed E-state index contributed by atoms with van der Waals surface area (Å²) in [5.41, 5.74) is 0.666. The van der Waals surface area contributed by atoms with Crippen LogP contribution < -0.4 is 14.8 Å². The molecule has 0 unspecified atom stereocenters. The molecule has 0 bridgehead atoms. The lowest BCUT2D eigenvalue weighted by Crippen LogP contribution is -2.23. The van der Waals surface area contributed by atoms with Crippen molar-refractivity contribution in [3.05, 3.63) is 53.8 Å². The van der Waals surface area contributed by atoms with E-state index in [1.165, 1.54) is 27.4 Å². The highest BCUT2D eigenvalue weighted by Crippen LogP contribution is 2.33. The Morgan fingerprint density at radius 1 is 1.04 bits per heavy atom. The number of halogens is 1. The first-order valence-corrected chi connectivity index (χ1v) is 6.90. The van der Waals surface area contributed by atoms with Crippen LogP contribution in [-0.2, 0) is 9.53 Å². The molecule has 0 radical (unpaired) electrons. The molecule has 2 aromatic rings. The molecule has 6 heteroatoms. The number of anilines is 1. The van der Waals surface area contributed by atoms with E-state index in [1.54, 1.807) is 24.3 Å². The van der Waals surface area contributed by atoms with Crippen LogP contribution in [0.5, 0.6) is 11.5 Å². The first-order valence-electron chi connectivity index (χ1n) is 6.90. The zero-order chi connectivity index (χ0) is 16.8. The van der Waals surface area contributed by atoms with Crippen molar-refractivity contribution in [2.45, 2.75) is 6.10 Å². The van der Waals surface area contributed by atoms with E-state index in [9.17, 15) is 9.18 Å². The van der Waals surface area contributed by atoms with Crippen LogP contribution in [0.15, 0.2) is 42.5 Å². The second-order valence-electron chi connectivity index (χ2n) is 4.70. The molecular formula is C17H18FNO4. The van der Waals surface area contributed by atoms with Gasteiger partial charge in [-0.25, -0.2) is 4.39 Å².